The van der Waals surface area contributed by atoms with Crippen molar-refractivity contribution >= 4 is 21.8 Å². The van der Waals surface area contributed by atoms with Gasteiger partial charge in [-0.05, 0) is 56.7 Å². The highest BCUT2D eigenvalue weighted by atomic mass is 15.1. The fourth-order valence-corrected chi connectivity index (χ4v) is 4.40. The number of nitrogens with one attached hydrogen (secondary N) is 1. The van der Waals surface area contributed by atoms with E-state index in [2.05, 4.69) is 95.5 Å². The van der Waals surface area contributed by atoms with E-state index in [9.17, 15) is 0 Å². The van der Waals surface area contributed by atoms with Crippen molar-refractivity contribution in [3.63, 3.8) is 0 Å². The molecule has 0 bridgehead atoms. The molecule has 0 aliphatic carbocycles. The molecule has 4 nitrogen and oxygen atoms in total. The van der Waals surface area contributed by atoms with Crippen molar-refractivity contribution in [3.05, 3.63) is 78.1 Å². The lowest BCUT2D eigenvalue weighted by atomic mass is 10.1. The van der Waals surface area contributed by atoms with Crippen LogP contribution in [0.15, 0.2) is 66.9 Å². The van der Waals surface area contributed by atoms with Crippen LogP contribution in [-0.2, 0) is 19.5 Å². The van der Waals surface area contributed by atoms with Crippen molar-refractivity contribution in [2.24, 2.45) is 0 Å². The zero-order valence-electron chi connectivity index (χ0n) is 18.8. The van der Waals surface area contributed by atoms with Gasteiger partial charge in [-0.2, -0.15) is 0 Å². The smallest absolute Gasteiger partial charge is 0.0678 e. The van der Waals surface area contributed by atoms with Gasteiger partial charge in [0.25, 0.3) is 0 Å². The third kappa shape index (κ3) is 5.15. The molecule has 2 heterocycles. The Hall–Kier alpha value is -2.69. The predicted octanol–water partition coefficient (Wildman–Crippen LogP) is 5.25. The van der Waals surface area contributed by atoms with Crippen LogP contribution in [0.1, 0.15) is 31.5 Å². The zero-order valence-corrected chi connectivity index (χ0v) is 18.8. The minimum atomic E-state index is 0.817. The van der Waals surface area contributed by atoms with Crippen molar-refractivity contribution in [2.45, 2.75) is 39.8 Å². The topological polar surface area (TPSA) is 33.1 Å². The van der Waals surface area contributed by atoms with E-state index in [0.717, 1.165) is 51.4 Å². The van der Waals surface area contributed by atoms with Crippen LogP contribution in [0.5, 0.6) is 0 Å². The number of aromatic nitrogens is 2. The summed E-state index contributed by atoms with van der Waals surface area (Å²) in [7, 11) is 0. The maximum atomic E-state index is 4.79. The van der Waals surface area contributed by atoms with Gasteiger partial charge in [0.2, 0.25) is 0 Å². The Labute approximate surface area is 185 Å². The van der Waals surface area contributed by atoms with E-state index < -0.39 is 0 Å². The van der Waals surface area contributed by atoms with Gasteiger partial charge < -0.3 is 14.8 Å². The molecule has 0 saturated heterocycles. The summed E-state index contributed by atoms with van der Waals surface area (Å²) in [5, 5.41) is 6.20. The molecule has 0 unspecified atom stereocenters. The van der Waals surface area contributed by atoms with E-state index in [1.807, 2.05) is 0 Å². The molecule has 0 radical (unpaired) electrons. The Balaban J connectivity index is 1.48. The largest absolute Gasteiger partial charge is 0.339 e. The molecule has 1 N–H and O–H groups in total. The van der Waals surface area contributed by atoms with Crippen LogP contribution >= 0.6 is 0 Å². The molecule has 4 rings (SSSR count). The lowest BCUT2D eigenvalue weighted by molar-refractivity contribution is 0.298. The van der Waals surface area contributed by atoms with Gasteiger partial charge >= 0.3 is 0 Å². The van der Waals surface area contributed by atoms with E-state index >= 15 is 0 Å². The van der Waals surface area contributed by atoms with Crippen LogP contribution in [0, 0.1) is 0 Å². The lowest BCUT2D eigenvalue weighted by Crippen LogP contribution is -2.27. The molecule has 4 heteroatoms. The predicted molar refractivity (Wildman–Crippen MR) is 131 cm³/mol. The van der Waals surface area contributed by atoms with Crippen molar-refractivity contribution in [1.82, 2.24) is 19.8 Å². The Kier molecular flexibility index (Phi) is 7.34. The first-order chi connectivity index (χ1) is 15.3. The van der Waals surface area contributed by atoms with Gasteiger partial charge in [-0.3, -0.25) is 4.98 Å². The first-order valence-electron chi connectivity index (χ1n) is 11.6. The summed E-state index contributed by atoms with van der Waals surface area (Å²) < 4.78 is 2.42. The summed E-state index contributed by atoms with van der Waals surface area (Å²) in [4.78, 5) is 7.26. The van der Waals surface area contributed by atoms with Gasteiger partial charge in [-0.25, -0.2) is 0 Å². The van der Waals surface area contributed by atoms with Crippen LogP contribution < -0.4 is 5.32 Å². The highest BCUT2D eigenvalue weighted by molar-refractivity contribution is 6.07. The second-order valence-electron chi connectivity index (χ2n) is 8.15. The third-order valence-electron chi connectivity index (χ3n) is 6.21. The van der Waals surface area contributed by atoms with Crippen LogP contribution in [0.25, 0.3) is 21.8 Å². The van der Waals surface area contributed by atoms with Gasteiger partial charge in [0.05, 0.1) is 17.4 Å². The van der Waals surface area contributed by atoms with Gasteiger partial charge in [0, 0.05) is 29.4 Å². The van der Waals surface area contributed by atoms with E-state index in [1.165, 1.54) is 33.8 Å². The summed E-state index contributed by atoms with van der Waals surface area (Å²) in [6, 6.07) is 21.7. The van der Waals surface area contributed by atoms with Crippen molar-refractivity contribution in [3.8, 4) is 0 Å². The highest BCUT2D eigenvalue weighted by Gasteiger charge is 2.11. The lowest BCUT2D eigenvalue weighted by Gasteiger charge is -2.17. The zero-order chi connectivity index (χ0) is 21.5. The Morgan fingerprint density at radius 3 is 2.48 bits per heavy atom. The number of aryl methyl sites for hydroxylation is 2. The van der Waals surface area contributed by atoms with Crippen molar-refractivity contribution in [1.29, 1.82) is 0 Å². The number of fused-ring (bicyclic) bond motifs is 3. The van der Waals surface area contributed by atoms with Gasteiger partial charge in [0.1, 0.15) is 0 Å². The first-order valence-corrected chi connectivity index (χ1v) is 11.6. The monoisotopic (exact) mass is 414 g/mol. The van der Waals surface area contributed by atoms with Gasteiger partial charge in [-0.15, -0.1) is 0 Å². The highest BCUT2D eigenvalue weighted by Crippen LogP contribution is 2.29. The summed E-state index contributed by atoms with van der Waals surface area (Å²) >= 11 is 0. The van der Waals surface area contributed by atoms with Crippen LogP contribution in [-0.4, -0.2) is 40.6 Å². The Morgan fingerprint density at radius 1 is 0.903 bits per heavy atom. The van der Waals surface area contributed by atoms with E-state index in [4.69, 9.17) is 4.98 Å². The quantitative estimate of drug-likeness (QED) is 0.340. The Morgan fingerprint density at radius 2 is 1.68 bits per heavy atom. The second-order valence-corrected chi connectivity index (χ2v) is 8.15. The number of hydrogen-bond donors (Lipinski definition) is 1. The first kappa shape index (κ1) is 21.5. The van der Waals surface area contributed by atoms with Crippen molar-refractivity contribution < 1.29 is 0 Å². The third-order valence-corrected chi connectivity index (χ3v) is 6.21. The van der Waals surface area contributed by atoms with Crippen LogP contribution in [0.4, 0.5) is 0 Å². The van der Waals surface area contributed by atoms with Gasteiger partial charge in [0.15, 0.2) is 0 Å². The maximum absolute atomic E-state index is 4.79. The summed E-state index contributed by atoms with van der Waals surface area (Å²) in [6.07, 6.45) is 4.25. The fourth-order valence-electron chi connectivity index (χ4n) is 4.40. The number of hydrogen-bond acceptors (Lipinski definition) is 3. The summed E-state index contributed by atoms with van der Waals surface area (Å²) in [5.41, 5.74) is 5.00. The second kappa shape index (κ2) is 10.6. The molecule has 0 aliphatic rings. The summed E-state index contributed by atoms with van der Waals surface area (Å²) in [5.74, 6) is 0. The molecule has 0 aliphatic heterocycles. The molecule has 31 heavy (non-hydrogen) atoms. The van der Waals surface area contributed by atoms with E-state index in [-0.39, 0.29) is 0 Å². The Bertz CT molecular complexity index is 1100. The van der Waals surface area contributed by atoms with Crippen molar-refractivity contribution in [2.75, 3.05) is 26.2 Å². The average molecular weight is 415 g/mol. The molecule has 2 aromatic heterocycles. The molecule has 4 aromatic rings. The molecular formula is C27H34N4. The average Bonchev–Trinajstić information content (AvgIpc) is 3.14. The standard InChI is InChI=1S/C27H34N4/c1-3-30(4-2)17-10-16-28-20-23-19-25-24-13-8-9-14-26(24)31(27(25)21-29-23)18-15-22-11-6-5-7-12-22/h5-9,11-14,19,21,28H,3-4,10,15-18,20H2,1-2H3. The minimum Gasteiger partial charge on any atom is -0.339 e. The molecule has 0 atom stereocenters. The number of rotatable bonds is 11. The van der Waals surface area contributed by atoms with Gasteiger partial charge in [-0.1, -0.05) is 62.4 Å². The maximum Gasteiger partial charge on any atom is 0.0678 e. The van der Waals surface area contributed by atoms with Crippen LogP contribution in [0.2, 0.25) is 0 Å². The van der Waals surface area contributed by atoms with E-state index in [0.29, 0.717) is 0 Å². The molecule has 162 valence electrons. The fraction of sp³-hybridized carbons (Fsp3) is 0.370. The molecular weight excluding hydrogens is 380 g/mol. The molecule has 0 amide bonds. The minimum absolute atomic E-state index is 0.817. The number of nitrogens with zero attached hydrogens (tertiary/aromatic N) is 3. The summed E-state index contributed by atoms with van der Waals surface area (Å²) in [6.45, 7) is 10.7. The molecule has 2 aromatic carbocycles. The molecule has 0 fully saturated rings. The normalized spacial score (nSPS) is 11.7. The number of para-hydroxylation sites is 1. The number of benzene rings is 2. The van der Waals surface area contributed by atoms with E-state index in [1.54, 1.807) is 0 Å². The SMILES string of the molecule is CCN(CC)CCCNCc1cc2c3ccccc3n(CCc3ccccc3)c2cn1. The van der Waals surface area contributed by atoms with Crippen LogP contribution in [0.3, 0.4) is 0 Å². The molecule has 0 spiro atoms. The molecule has 0 saturated carbocycles. The number of pyridine rings is 1.